The summed E-state index contributed by atoms with van der Waals surface area (Å²) in [5.74, 6) is -1.66. The number of carbonyl (C=O) groups is 1. The smallest absolute Gasteiger partial charge is 0.357 e. The van der Waals surface area contributed by atoms with Gasteiger partial charge in [-0.25, -0.2) is 9.78 Å². The lowest BCUT2D eigenvalue weighted by atomic mass is 10.2. The fourth-order valence-corrected chi connectivity index (χ4v) is 1.77. The van der Waals surface area contributed by atoms with Gasteiger partial charge in [0.2, 0.25) is 0 Å². The summed E-state index contributed by atoms with van der Waals surface area (Å²) in [4.78, 5) is 15.0. The zero-order valence-corrected chi connectivity index (χ0v) is 9.03. The molecule has 90 valence electrons. The van der Waals surface area contributed by atoms with Crippen LogP contribution in [-0.2, 0) is 0 Å². The maximum Gasteiger partial charge on any atom is 0.357 e. The molecule has 0 unspecified atom stereocenters. The zero-order chi connectivity index (χ0) is 12.7. The van der Waals surface area contributed by atoms with Gasteiger partial charge in [-0.1, -0.05) is 6.07 Å². The number of rotatable bonds is 2. The highest BCUT2D eigenvalue weighted by molar-refractivity contribution is 5.91. The van der Waals surface area contributed by atoms with Crippen LogP contribution in [0.5, 0.6) is 5.75 Å². The van der Waals surface area contributed by atoms with Gasteiger partial charge >= 0.3 is 5.97 Å². The van der Waals surface area contributed by atoms with Crippen molar-refractivity contribution < 1.29 is 15.0 Å². The predicted molar refractivity (Wildman–Crippen MR) is 61.4 cm³/mol. The Kier molecular flexibility index (Phi) is 2.06. The average Bonchev–Trinajstić information content (AvgIpc) is 2.92. The summed E-state index contributed by atoms with van der Waals surface area (Å²) in [6, 6.07) is 5.44. The Morgan fingerprint density at radius 1 is 1.39 bits per heavy atom. The fourth-order valence-electron chi connectivity index (χ4n) is 1.77. The number of aromatic hydroxyl groups is 1. The molecule has 7 nitrogen and oxygen atoms in total. The number of aromatic nitrogens is 4. The quantitative estimate of drug-likeness (QED) is 0.626. The topological polar surface area (TPSA) is 104 Å². The first-order chi connectivity index (χ1) is 8.68. The van der Waals surface area contributed by atoms with Gasteiger partial charge in [0.15, 0.2) is 17.1 Å². The lowest BCUT2D eigenvalue weighted by Crippen LogP contribution is -1.96. The molecule has 0 radical (unpaired) electrons. The van der Waals surface area contributed by atoms with Gasteiger partial charge in [-0.15, -0.1) is 0 Å². The summed E-state index contributed by atoms with van der Waals surface area (Å²) < 4.78 is 1.71. The number of aromatic amines is 1. The van der Waals surface area contributed by atoms with E-state index in [4.69, 9.17) is 5.11 Å². The number of hydrogen-bond acceptors (Lipinski definition) is 4. The molecule has 7 heteroatoms. The summed E-state index contributed by atoms with van der Waals surface area (Å²) in [7, 11) is 0. The van der Waals surface area contributed by atoms with E-state index in [9.17, 15) is 9.90 Å². The molecule has 3 aromatic heterocycles. The monoisotopic (exact) mass is 244 g/mol. The van der Waals surface area contributed by atoms with Gasteiger partial charge in [-0.3, -0.25) is 9.50 Å². The highest BCUT2D eigenvalue weighted by Gasteiger charge is 2.21. The van der Waals surface area contributed by atoms with E-state index in [1.54, 1.807) is 22.7 Å². The van der Waals surface area contributed by atoms with Crippen LogP contribution in [0.15, 0.2) is 30.6 Å². The third kappa shape index (κ3) is 1.34. The van der Waals surface area contributed by atoms with Crippen LogP contribution in [0.3, 0.4) is 0 Å². The van der Waals surface area contributed by atoms with Crippen LogP contribution in [0.2, 0.25) is 0 Å². The third-order valence-electron chi connectivity index (χ3n) is 2.61. The van der Waals surface area contributed by atoms with Gasteiger partial charge in [0.25, 0.3) is 0 Å². The van der Waals surface area contributed by atoms with Crippen LogP contribution < -0.4 is 0 Å². The Labute approximate surface area is 100 Å². The lowest BCUT2D eigenvalue weighted by molar-refractivity contribution is 0.0687. The van der Waals surface area contributed by atoms with Crippen molar-refractivity contribution in [2.45, 2.75) is 0 Å². The molecule has 18 heavy (non-hydrogen) atoms. The van der Waals surface area contributed by atoms with Crippen molar-refractivity contribution in [3.05, 3.63) is 36.3 Å². The third-order valence-corrected chi connectivity index (χ3v) is 2.61. The second kappa shape index (κ2) is 3.59. The van der Waals surface area contributed by atoms with Gasteiger partial charge in [-0.2, -0.15) is 5.10 Å². The van der Waals surface area contributed by atoms with Crippen LogP contribution in [0.1, 0.15) is 10.5 Å². The van der Waals surface area contributed by atoms with Crippen LogP contribution in [-0.4, -0.2) is 35.8 Å². The molecule has 0 fully saturated rings. The average molecular weight is 244 g/mol. The number of carboxylic acid groups (broad SMARTS) is 1. The number of aromatic carboxylic acids is 1. The van der Waals surface area contributed by atoms with Gasteiger partial charge < -0.3 is 10.2 Å². The van der Waals surface area contributed by atoms with Gasteiger partial charge in [-0.05, 0) is 12.1 Å². The molecule has 0 spiro atoms. The van der Waals surface area contributed by atoms with Crippen molar-refractivity contribution in [2.75, 3.05) is 0 Å². The normalized spacial score (nSPS) is 10.9. The molecule has 0 saturated carbocycles. The highest BCUT2D eigenvalue weighted by Crippen LogP contribution is 2.29. The van der Waals surface area contributed by atoms with Crippen molar-refractivity contribution in [3.63, 3.8) is 0 Å². The molecule has 0 aliphatic rings. The van der Waals surface area contributed by atoms with E-state index >= 15 is 0 Å². The number of nitrogens with zero attached hydrogens (tertiary/aromatic N) is 3. The van der Waals surface area contributed by atoms with E-state index in [0.717, 1.165) is 0 Å². The molecule has 0 amide bonds. The Bertz CT molecular complexity index is 744. The molecule has 0 atom stereocenters. The molecule has 0 aliphatic heterocycles. The van der Waals surface area contributed by atoms with Crippen molar-refractivity contribution in [1.82, 2.24) is 19.6 Å². The predicted octanol–water partition coefficient (Wildman–Crippen LogP) is 1.13. The van der Waals surface area contributed by atoms with Crippen LogP contribution >= 0.6 is 0 Å². The van der Waals surface area contributed by atoms with E-state index in [2.05, 4.69) is 15.2 Å². The van der Waals surface area contributed by atoms with E-state index in [1.165, 1.54) is 6.20 Å². The Hall–Kier alpha value is -2.83. The molecular formula is C11H8N4O3. The second-order valence-corrected chi connectivity index (χ2v) is 3.67. The molecular weight excluding hydrogens is 236 g/mol. The molecule has 0 aliphatic carbocycles. The Balaban J connectivity index is 2.24. The SMILES string of the molecule is O=C(O)c1[nH]nc(-c2cnc3ccccn23)c1O. The molecule has 3 N–H and O–H groups in total. The second-order valence-electron chi connectivity index (χ2n) is 3.67. The number of carboxylic acids is 1. The standard InChI is InChI=1S/C11H8N4O3/c16-10-8(13-14-9(10)11(17)18)6-5-12-7-3-1-2-4-15(6)7/h1-5,16H,(H,13,14)(H,17,18). The number of fused-ring (bicyclic) bond motifs is 1. The summed E-state index contributed by atoms with van der Waals surface area (Å²) in [6.07, 6.45) is 3.28. The number of H-pyrrole nitrogens is 1. The molecule has 0 bridgehead atoms. The first-order valence-corrected chi connectivity index (χ1v) is 5.11. The van der Waals surface area contributed by atoms with Gasteiger partial charge in [0.05, 0.1) is 11.9 Å². The van der Waals surface area contributed by atoms with E-state index < -0.39 is 11.7 Å². The first-order valence-electron chi connectivity index (χ1n) is 5.11. The van der Waals surface area contributed by atoms with Gasteiger partial charge in [0, 0.05) is 6.20 Å². The molecule has 0 saturated heterocycles. The van der Waals surface area contributed by atoms with Crippen LogP contribution in [0, 0.1) is 0 Å². The number of imidazole rings is 1. The van der Waals surface area contributed by atoms with E-state index in [0.29, 0.717) is 11.3 Å². The summed E-state index contributed by atoms with van der Waals surface area (Å²) in [5.41, 5.74) is 1.03. The minimum atomic E-state index is -1.26. The summed E-state index contributed by atoms with van der Waals surface area (Å²) in [5, 5.41) is 24.7. The van der Waals surface area contributed by atoms with E-state index in [1.807, 2.05) is 6.07 Å². The van der Waals surface area contributed by atoms with E-state index in [-0.39, 0.29) is 11.4 Å². The summed E-state index contributed by atoms with van der Waals surface area (Å²) >= 11 is 0. The summed E-state index contributed by atoms with van der Waals surface area (Å²) in [6.45, 7) is 0. The largest absolute Gasteiger partial charge is 0.504 e. The molecule has 0 aromatic carbocycles. The zero-order valence-electron chi connectivity index (χ0n) is 9.03. The molecule has 3 aromatic rings. The highest BCUT2D eigenvalue weighted by atomic mass is 16.4. The number of pyridine rings is 1. The number of nitrogens with one attached hydrogen (secondary N) is 1. The molecule has 3 rings (SSSR count). The minimum absolute atomic E-state index is 0.158. The van der Waals surface area contributed by atoms with Gasteiger partial charge in [0.1, 0.15) is 5.65 Å². The van der Waals surface area contributed by atoms with Crippen LogP contribution in [0.4, 0.5) is 0 Å². The van der Waals surface area contributed by atoms with Crippen molar-refractivity contribution in [3.8, 4) is 17.1 Å². The minimum Gasteiger partial charge on any atom is -0.504 e. The first kappa shape index (κ1) is 10.3. The maximum absolute atomic E-state index is 10.8. The van der Waals surface area contributed by atoms with Crippen LogP contribution in [0.25, 0.3) is 17.0 Å². The fraction of sp³-hybridized carbons (Fsp3) is 0. The number of hydrogen-bond donors (Lipinski definition) is 3. The van der Waals surface area contributed by atoms with Crippen molar-refractivity contribution in [1.29, 1.82) is 0 Å². The molecule has 3 heterocycles. The lowest BCUT2D eigenvalue weighted by Gasteiger charge is -1.98. The maximum atomic E-state index is 10.8. The Morgan fingerprint density at radius 3 is 2.94 bits per heavy atom. The Morgan fingerprint density at radius 2 is 2.22 bits per heavy atom. The van der Waals surface area contributed by atoms with Crippen molar-refractivity contribution in [2.24, 2.45) is 0 Å². The van der Waals surface area contributed by atoms with Crippen molar-refractivity contribution >= 4 is 11.6 Å².